The van der Waals surface area contributed by atoms with E-state index in [4.69, 9.17) is 21.2 Å². The van der Waals surface area contributed by atoms with Crippen LogP contribution in [0.15, 0.2) is 5.16 Å². The Hall–Kier alpha value is -0.770. The molecule has 5 heteroatoms. The topological polar surface area (TPSA) is 47.9 Å². The van der Waals surface area contributed by atoms with E-state index in [0.717, 1.165) is 0 Å². The van der Waals surface area contributed by atoms with Crippen molar-refractivity contribution in [2.75, 3.05) is 12.5 Å². The van der Waals surface area contributed by atoms with Crippen LogP contribution in [-0.2, 0) is 14.4 Å². The standard InChI is InChI=1S/C7H10ClNO3/c1-2-11-7(10)6-3-5(4-8)12-9-6/h5H,2-4H2,1H3. The molecule has 0 N–H and O–H groups in total. The lowest BCUT2D eigenvalue weighted by Gasteiger charge is -2.00. The maximum Gasteiger partial charge on any atom is 0.356 e. The summed E-state index contributed by atoms with van der Waals surface area (Å²) in [6, 6.07) is 0. The van der Waals surface area contributed by atoms with Gasteiger partial charge in [0.1, 0.15) is 6.10 Å². The highest BCUT2D eigenvalue weighted by Gasteiger charge is 2.25. The smallest absolute Gasteiger partial charge is 0.356 e. The van der Waals surface area contributed by atoms with Crippen molar-refractivity contribution >= 4 is 23.3 Å². The number of hydrogen-bond donors (Lipinski definition) is 0. The van der Waals surface area contributed by atoms with Gasteiger partial charge >= 0.3 is 5.97 Å². The van der Waals surface area contributed by atoms with E-state index in [0.29, 0.717) is 24.6 Å². The Morgan fingerprint density at radius 1 is 1.92 bits per heavy atom. The van der Waals surface area contributed by atoms with Crippen LogP contribution >= 0.6 is 11.6 Å². The van der Waals surface area contributed by atoms with Crippen LogP contribution in [0, 0.1) is 0 Å². The largest absolute Gasteiger partial charge is 0.461 e. The Morgan fingerprint density at radius 3 is 3.17 bits per heavy atom. The Bertz CT molecular complexity index is 205. The first-order valence-electron chi connectivity index (χ1n) is 3.73. The second kappa shape index (κ2) is 4.30. The van der Waals surface area contributed by atoms with Gasteiger partial charge in [-0.25, -0.2) is 4.79 Å². The predicted molar refractivity (Wildman–Crippen MR) is 44.3 cm³/mol. The van der Waals surface area contributed by atoms with E-state index >= 15 is 0 Å². The van der Waals surface area contributed by atoms with E-state index in [-0.39, 0.29) is 6.10 Å². The van der Waals surface area contributed by atoms with Gasteiger partial charge in [0.25, 0.3) is 0 Å². The molecule has 0 spiro atoms. The molecule has 0 saturated carbocycles. The molecule has 0 amide bonds. The van der Waals surface area contributed by atoms with Crippen LogP contribution in [0.25, 0.3) is 0 Å². The van der Waals surface area contributed by atoms with Gasteiger partial charge in [0.2, 0.25) is 0 Å². The van der Waals surface area contributed by atoms with E-state index in [1.165, 1.54) is 0 Å². The minimum absolute atomic E-state index is 0.175. The van der Waals surface area contributed by atoms with Gasteiger partial charge in [-0.1, -0.05) is 5.16 Å². The van der Waals surface area contributed by atoms with E-state index in [1.807, 2.05) is 0 Å². The molecule has 1 heterocycles. The lowest BCUT2D eigenvalue weighted by atomic mass is 10.2. The van der Waals surface area contributed by atoms with Gasteiger partial charge in [0.05, 0.1) is 12.5 Å². The highest BCUT2D eigenvalue weighted by molar-refractivity contribution is 6.36. The minimum atomic E-state index is -0.412. The first-order valence-corrected chi connectivity index (χ1v) is 4.27. The molecule has 1 aliphatic rings. The molecule has 1 aliphatic heterocycles. The highest BCUT2D eigenvalue weighted by Crippen LogP contribution is 2.12. The number of nitrogens with zero attached hydrogens (tertiary/aromatic N) is 1. The van der Waals surface area contributed by atoms with Crippen molar-refractivity contribution in [3.63, 3.8) is 0 Å². The average Bonchev–Trinajstić information content (AvgIpc) is 2.52. The number of esters is 1. The molecule has 1 rings (SSSR count). The summed E-state index contributed by atoms with van der Waals surface area (Å²) in [6.45, 7) is 2.09. The van der Waals surface area contributed by atoms with Crippen molar-refractivity contribution in [1.29, 1.82) is 0 Å². The highest BCUT2D eigenvalue weighted by atomic mass is 35.5. The van der Waals surface area contributed by atoms with Gasteiger partial charge in [-0.2, -0.15) is 0 Å². The van der Waals surface area contributed by atoms with Crippen LogP contribution < -0.4 is 0 Å². The molecule has 0 aliphatic carbocycles. The molecule has 0 fully saturated rings. The quantitative estimate of drug-likeness (QED) is 0.493. The van der Waals surface area contributed by atoms with Gasteiger partial charge < -0.3 is 9.57 Å². The molecule has 1 unspecified atom stereocenters. The van der Waals surface area contributed by atoms with Gasteiger partial charge in [-0.15, -0.1) is 11.6 Å². The van der Waals surface area contributed by atoms with E-state index < -0.39 is 5.97 Å². The number of carbonyl (C=O) groups is 1. The lowest BCUT2D eigenvalue weighted by Crippen LogP contribution is -2.18. The molecule has 4 nitrogen and oxygen atoms in total. The van der Waals surface area contributed by atoms with Crippen molar-refractivity contribution in [3.8, 4) is 0 Å². The van der Waals surface area contributed by atoms with Crippen LogP contribution in [0.5, 0.6) is 0 Å². The normalized spacial score (nSPS) is 21.5. The number of ether oxygens (including phenoxy) is 1. The zero-order chi connectivity index (χ0) is 8.97. The summed E-state index contributed by atoms with van der Waals surface area (Å²) in [5.74, 6) is -0.0722. The van der Waals surface area contributed by atoms with E-state index in [1.54, 1.807) is 6.92 Å². The van der Waals surface area contributed by atoms with Crippen LogP contribution in [0.2, 0.25) is 0 Å². The summed E-state index contributed by atoms with van der Waals surface area (Å²) in [5, 5.41) is 3.56. The van der Waals surface area contributed by atoms with Gasteiger partial charge in [0, 0.05) is 6.42 Å². The summed E-state index contributed by atoms with van der Waals surface area (Å²) in [7, 11) is 0. The van der Waals surface area contributed by atoms with Crippen LogP contribution in [0.4, 0.5) is 0 Å². The monoisotopic (exact) mass is 191 g/mol. The number of rotatable bonds is 3. The van der Waals surface area contributed by atoms with Crippen molar-refractivity contribution in [2.45, 2.75) is 19.4 Å². The first-order chi connectivity index (χ1) is 5.77. The molecule has 0 aromatic rings. The fraction of sp³-hybridized carbons (Fsp3) is 0.714. The third-order valence-corrected chi connectivity index (χ3v) is 1.76. The molecule has 68 valence electrons. The Balaban J connectivity index is 2.40. The fourth-order valence-electron chi connectivity index (χ4n) is 0.846. The zero-order valence-corrected chi connectivity index (χ0v) is 7.50. The number of halogens is 1. The number of alkyl halides is 1. The molecule has 0 saturated heterocycles. The fourth-order valence-corrected chi connectivity index (χ4v) is 1.01. The molecular formula is C7H10ClNO3. The molecule has 12 heavy (non-hydrogen) atoms. The minimum Gasteiger partial charge on any atom is -0.461 e. The molecular weight excluding hydrogens is 182 g/mol. The van der Waals surface area contributed by atoms with Gasteiger partial charge in [0.15, 0.2) is 5.71 Å². The summed E-state index contributed by atoms with van der Waals surface area (Å²) < 4.78 is 4.73. The molecule has 0 aromatic heterocycles. The van der Waals surface area contributed by atoms with Crippen molar-refractivity contribution in [3.05, 3.63) is 0 Å². The van der Waals surface area contributed by atoms with Crippen LogP contribution in [0.1, 0.15) is 13.3 Å². The number of carbonyl (C=O) groups excluding carboxylic acids is 1. The van der Waals surface area contributed by atoms with Crippen molar-refractivity contribution < 1.29 is 14.4 Å². The van der Waals surface area contributed by atoms with E-state index in [9.17, 15) is 4.79 Å². The summed E-state index contributed by atoms with van der Waals surface area (Å²) >= 11 is 5.50. The van der Waals surface area contributed by atoms with Crippen LogP contribution in [0.3, 0.4) is 0 Å². The molecule has 1 atom stereocenters. The zero-order valence-electron chi connectivity index (χ0n) is 6.75. The first kappa shape index (κ1) is 9.32. The van der Waals surface area contributed by atoms with Crippen LogP contribution in [-0.4, -0.2) is 30.3 Å². The summed E-state index contributed by atoms with van der Waals surface area (Å²) in [6.07, 6.45) is 0.272. The third-order valence-electron chi connectivity index (χ3n) is 1.42. The second-order valence-corrected chi connectivity index (χ2v) is 2.65. The number of hydrogen-bond acceptors (Lipinski definition) is 4. The maximum absolute atomic E-state index is 11.0. The maximum atomic E-state index is 11.0. The second-order valence-electron chi connectivity index (χ2n) is 2.34. The predicted octanol–water partition coefficient (Wildman–Crippen LogP) is 0.933. The lowest BCUT2D eigenvalue weighted by molar-refractivity contribution is -0.135. The van der Waals surface area contributed by atoms with Gasteiger partial charge in [-0.05, 0) is 6.92 Å². The molecule has 0 aromatic carbocycles. The summed E-state index contributed by atoms with van der Waals surface area (Å²) in [4.78, 5) is 15.9. The third kappa shape index (κ3) is 2.11. The Morgan fingerprint density at radius 2 is 2.67 bits per heavy atom. The molecule has 0 bridgehead atoms. The average molecular weight is 192 g/mol. The van der Waals surface area contributed by atoms with Crippen molar-refractivity contribution in [2.24, 2.45) is 5.16 Å². The summed E-state index contributed by atoms with van der Waals surface area (Å²) in [5.41, 5.74) is 0.322. The van der Waals surface area contributed by atoms with Gasteiger partial charge in [-0.3, -0.25) is 0 Å². The SMILES string of the molecule is CCOC(=O)C1=NOC(CCl)C1. The molecule has 0 radical (unpaired) electrons. The van der Waals surface area contributed by atoms with E-state index in [2.05, 4.69) is 5.16 Å². The Kier molecular flexibility index (Phi) is 3.34. The van der Waals surface area contributed by atoms with Crippen molar-refractivity contribution in [1.82, 2.24) is 0 Å². The number of oxime groups is 1. The Labute approximate surface area is 75.5 Å².